The third-order valence-corrected chi connectivity index (χ3v) is 5.40. The van der Waals surface area contributed by atoms with Gasteiger partial charge in [-0.25, -0.2) is 4.98 Å². The molecule has 0 atom stereocenters. The van der Waals surface area contributed by atoms with Gasteiger partial charge in [0.2, 0.25) is 0 Å². The fraction of sp³-hybridized carbons (Fsp3) is 0.824. The molecule has 1 rings (SSSR count). The summed E-state index contributed by atoms with van der Waals surface area (Å²) in [6.07, 6.45) is 1.08. The van der Waals surface area contributed by atoms with Crippen molar-refractivity contribution in [3.63, 3.8) is 0 Å². The largest absolute Gasteiger partial charge is 0.307 e. The van der Waals surface area contributed by atoms with E-state index in [9.17, 15) is 0 Å². The average Bonchev–Trinajstić information content (AvgIpc) is 2.63. The summed E-state index contributed by atoms with van der Waals surface area (Å²) >= 11 is 3.87. The van der Waals surface area contributed by atoms with Crippen LogP contribution in [0, 0.1) is 5.92 Å². The molecule has 0 spiro atoms. The number of hydrogen-bond acceptors (Lipinski definition) is 4. The molecule has 0 amide bonds. The molecule has 0 bridgehead atoms. The zero-order chi connectivity index (χ0) is 16.3. The van der Waals surface area contributed by atoms with Crippen molar-refractivity contribution in [2.24, 2.45) is 5.92 Å². The van der Waals surface area contributed by atoms with Crippen LogP contribution in [0.15, 0.2) is 0 Å². The molecular weight excluding hydrogens is 296 g/mol. The summed E-state index contributed by atoms with van der Waals surface area (Å²) < 4.78 is 0.299. The van der Waals surface area contributed by atoms with Crippen LogP contribution in [0.2, 0.25) is 0 Å². The van der Waals surface area contributed by atoms with Crippen LogP contribution < -0.4 is 5.32 Å². The van der Waals surface area contributed by atoms with E-state index in [-0.39, 0.29) is 5.54 Å². The molecule has 0 aromatic carbocycles. The zero-order valence-corrected chi connectivity index (χ0v) is 16.6. The van der Waals surface area contributed by atoms with E-state index in [2.05, 4.69) is 60.7 Å². The maximum atomic E-state index is 4.91. The number of rotatable bonds is 6. The maximum absolute atomic E-state index is 4.91. The topological polar surface area (TPSA) is 24.9 Å². The lowest BCUT2D eigenvalue weighted by Crippen LogP contribution is -2.35. The first kappa shape index (κ1) is 19.0. The summed E-state index contributed by atoms with van der Waals surface area (Å²) in [6.45, 7) is 18.9. The zero-order valence-electron chi connectivity index (χ0n) is 15.0. The van der Waals surface area contributed by atoms with E-state index in [0.29, 0.717) is 10.7 Å². The lowest BCUT2D eigenvalue weighted by Gasteiger charge is -2.20. The van der Waals surface area contributed by atoms with Crippen molar-refractivity contribution in [2.75, 3.05) is 0 Å². The molecule has 1 aromatic rings. The Kier molecular flexibility index (Phi) is 6.76. The predicted molar refractivity (Wildman–Crippen MR) is 98.3 cm³/mol. The first-order valence-corrected chi connectivity index (χ1v) is 9.63. The molecule has 0 radical (unpaired) electrons. The molecule has 0 aliphatic heterocycles. The maximum Gasteiger partial charge on any atom is 0.103 e. The van der Waals surface area contributed by atoms with Crippen LogP contribution >= 0.6 is 23.1 Å². The second-order valence-corrected chi connectivity index (χ2v) is 11.1. The molecule has 4 heteroatoms. The van der Waals surface area contributed by atoms with Crippen LogP contribution in [0.1, 0.15) is 71.0 Å². The molecule has 1 N–H and O–H groups in total. The highest BCUT2D eigenvalue weighted by Gasteiger charge is 2.17. The third-order valence-electron chi connectivity index (χ3n) is 2.83. The lowest BCUT2D eigenvalue weighted by atomic mass is 10.1. The predicted octanol–water partition coefficient (Wildman–Crippen LogP) is 5.26. The van der Waals surface area contributed by atoms with E-state index in [1.807, 2.05) is 23.1 Å². The Morgan fingerprint density at radius 2 is 1.76 bits per heavy atom. The minimum Gasteiger partial charge on any atom is -0.307 e. The Hall–Kier alpha value is -0.0600. The summed E-state index contributed by atoms with van der Waals surface area (Å²) in [4.78, 5) is 6.33. The summed E-state index contributed by atoms with van der Waals surface area (Å²) in [7, 11) is 0. The van der Waals surface area contributed by atoms with Crippen molar-refractivity contribution in [1.82, 2.24) is 10.3 Å². The van der Waals surface area contributed by atoms with E-state index in [4.69, 9.17) is 4.98 Å². The van der Waals surface area contributed by atoms with Crippen molar-refractivity contribution >= 4 is 23.1 Å². The number of aromatic nitrogens is 1. The first-order valence-electron chi connectivity index (χ1n) is 7.83. The van der Waals surface area contributed by atoms with E-state index >= 15 is 0 Å². The van der Waals surface area contributed by atoms with Crippen molar-refractivity contribution < 1.29 is 0 Å². The van der Waals surface area contributed by atoms with Gasteiger partial charge in [-0.15, -0.1) is 23.1 Å². The summed E-state index contributed by atoms with van der Waals surface area (Å²) in [5, 5.41) is 4.88. The van der Waals surface area contributed by atoms with E-state index in [1.165, 1.54) is 15.6 Å². The van der Waals surface area contributed by atoms with Crippen LogP contribution in [-0.4, -0.2) is 15.3 Å². The first-order chi connectivity index (χ1) is 9.46. The van der Waals surface area contributed by atoms with Crippen molar-refractivity contribution in [1.29, 1.82) is 0 Å². The molecule has 1 aromatic heterocycles. The summed E-state index contributed by atoms with van der Waals surface area (Å²) in [5.41, 5.74) is 1.45. The van der Waals surface area contributed by atoms with Crippen LogP contribution in [0.3, 0.4) is 0 Å². The molecule has 0 unspecified atom stereocenters. The van der Waals surface area contributed by atoms with Gasteiger partial charge in [-0.05, 0) is 33.1 Å². The Labute approximate surface area is 139 Å². The summed E-state index contributed by atoms with van der Waals surface area (Å²) in [5.74, 6) is 1.68. The number of thiazole rings is 1. The number of nitrogens with one attached hydrogen (secondary N) is 1. The minimum atomic E-state index is 0.152. The second-order valence-electron chi connectivity index (χ2n) is 8.08. The van der Waals surface area contributed by atoms with Crippen molar-refractivity contribution in [2.45, 2.75) is 84.4 Å². The Morgan fingerprint density at radius 1 is 1.14 bits per heavy atom. The molecule has 21 heavy (non-hydrogen) atoms. The van der Waals surface area contributed by atoms with Gasteiger partial charge in [-0.1, -0.05) is 34.6 Å². The highest BCUT2D eigenvalue weighted by Crippen LogP contribution is 2.31. The lowest BCUT2D eigenvalue weighted by molar-refractivity contribution is 0.425. The number of hydrogen-bond donors (Lipinski definition) is 1. The Morgan fingerprint density at radius 3 is 2.24 bits per heavy atom. The van der Waals surface area contributed by atoms with Gasteiger partial charge in [0.1, 0.15) is 5.01 Å². The Bertz CT molecular complexity index is 437. The fourth-order valence-electron chi connectivity index (χ4n) is 1.81. The van der Waals surface area contributed by atoms with Crippen molar-refractivity contribution in [3.8, 4) is 0 Å². The molecule has 122 valence electrons. The molecule has 0 aliphatic carbocycles. The average molecular weight is 329 g/mol. The molecule has 0 fully saturated rings. The number of thioether (sulfide) groups is 1. The van der Waals surface area contributed by atoms with Crippen LogP contribution in [0.5, 0.6) is 0 Å². The SMILES string of the molecule is CC(C)Cc1nc(CSC(C)(C)C)sc1CNC(C)(C)C. The molecule has 2 nitrogen and oxygen atoms in total. The van der Waals surface area contributed by atoms with Gasteiger partial charge < -0.3 is 5.32 Å². The van der Waals surface area contributed by atoms with Gasteiger partial charge in [0.15, 0.2) is 0 Å². The highest BCUT2D eigenvalue weighted by molar-refractivity contribution is 7.99. The van der Waals surface area contributed by atoms with Gasteiger partial charge in [0, 0.05) is 27.5 Å². The van der Waals surface area contributed by atoms with Gasteiger partial charge in [0.05, 0.1) is 5.69 Å². The quantitative estimate of drug-likeness (QED) is 0.771. The van der Waals surface area contributed by atoms with Crippen LogP contribution in [-0.2, 0) is 18.7 Å². The van der Waals surface area contributed by atoms with E-state index < -0.39 is 0 Å². The smallest absolute Gasteiger partial charge is 0.103 e. The van der Waals surface area contributed by atoms with Crippen LogP contribution in [0.25, 0.3) is 0 Å². The fourth-order valence-corrected chi connectivity index (χ4v) is 3.67. The second kappa shape index (κ2) is 7.47. The molecule has 0 saturated carbocycles. The molecular formula is C17H32N2S2. The van der Waals surface area contributed by atoms with Gasteiger partial charge in [0.25, 0.3) is 0 Å². The third kappa shape index (κ3) is 8.22. The van der Waals surface area contributed by atoms with Crippen LogP contribution in [0.4, 0.5) is 0 Å². The van der Waals surface area contributed by atoms with Gasteiger partial charge in [-0.2, -0.15) is 0 Å². The normalized spacial score (nSPS) is 13.2. The van der Waals surface area contributed by atoms with E-state index in [0.717, 1.165) is 18.7 Å². The molecule has 0 saturated heterocycles. The van der Waals surface area contributed by atoms with Gasteiger partial charge in [-0.3, -0.25) is 0 Å². The summed E-state index contributed by atoms with van der Waals surface area (Å²) in [6, 6.07) is 0. The number of nitrogens with zero attached hydrogens (tertiary/aromatic N) is 1. The molecule has 0 aliphatic rings. The standard InChI is InChI=1S/C17H32N2S2/c1-12(2)9-13-14(10-18-16(3,4)5)21-15(19-13)11-20-17(6,7)8/h12,18H,9-11H2,1-8H3. The monoisotopic (exact) mass is 328 g/mol. The van der Waals surface area contributed by atoms with Crippen molar-refractivity contribution in [3.05, 3.63) is 15.6 Å². The van der Waals surface area contributed by atoms with Gasteiger partial charge >= 0.3 is 0 Å². The molecule has 1 heterocycles. The highest BCUT2D eigenvalue weighted by atomic mass is 32.2. The van der Waals surface area contributed by atoms with E-state index in [1.54, 1.807) is 0 Å². The Balaban J connectivity index is 2.80. The minimum absolute atomic E-state index is 0.152.